The van der Waals surface area contributed by atoms with Crippen LogP contribution in [0.25, 0.3) is 54.6 Å². The van der Waals surface area contributed by atoms with E-state index in [0.717, 1.165) is 43.9 Å². The minimum Gasteiger partial charge on any atom is -0.302 e. The van der Waals surface area contributed by atoms with Crippen molar-refractivity contribution in [1.29, 1.82) is 0 Å². The molecule has 0 radical (unpaired) electrons. The fourth-order valence-corrected chi connectivity index (χ4v) is 10.6. The summed E-state index contributed by atoms with van der Waals surface area (Å²) in [6, 6.07) is 57.8. The number of rotatable bonds is 10. The maximum Gasteiger partial charge on any atom is 0.101 e. The fraction of sp³-hybridized carbons (Fsp3) is 0.0741. The maximum absolute atomic E-state index is 4.10. The number of thiophene rings is 2. The predicted molar refractivity (Wildman–Crippen MR) is 257 cm³/mol. The number of aryl methyl sites for hydroxylation is 4. The third-order valence-electron chi connectivity index (χ3n) is 10.7. The fourth-order valence-electron chi connectivity index (χ4n) is 8.06. The van der Waals surface area contributed by atoms with Crippen LogP contribution < -0.4 is 9.80 Å². The Morgan fingerprint density at radius 3 is 1.10 bits per heavy atom. The molecule has 0 N–H and O–H groups in total. The van der Waals surface area contributed by atoms with Crippen LogP contribution in [0.3, 0.4) is 0 Å². The zero-order chi connectivity index (χ0) is 39.9. The van der Waals surface area contributed by atoms with Crippen LogP contribution in [0, 0.1) is 27.7 Å². The van der Waals surface area contributed by atoms with E-state index in [9.17, 15) is 0 Å². The third kappa shape index (κ3) is 6.96. The first-order valence-electron chi connectivity index (χ1n) is 19.6. The van der Waals surface area contributed by atoms with Gasteiger partial charge in [0, 0.05) is 54.0 Å². The monoisotopic (exact) mass is 784 g/mol. The zero-order valence-corrected chi connectivity index (χ0v) is 34.9. The van der Waals surface area contributed by atoms with Crippen LogP contribution in [0.1, 0.15) is 33.4 Å². The molecule has 0 saturated heterocycles. The largest absolute Gasteiger partial charge is 0.302 e. The molecule has 0 amide bonds. The van der Waals surface area contributed by atoms with Crippen LogP contribution in [0.4, 0.5) is 32.8 Å². The van der Waals surface area contributed by atoms with Crippen molar-refractivity contribution in [2.24, 2.45) is 0 Å². The van der Waals surface area contributed by atoms with Gasteiger partial charge in [0.15, 0.2) is 0 Å². The summed E-state index contributed by atoms with van der Waals surface area (Å²) in [5, 5.41) is 4.81. The second-order valence-corrected chi connectivity index (χ2v) is 17.2. The molecule has 0 saturated carbocycles. The smallest absolute Gasteiger partial charge is 0.101 e. The van der Waals surface area contributed by atoms with Crippen molar-refractivity contribution >= 4 is 87.7 Å². The molecule has 0 atom stereocenters. The third-order valence-corrected chi connectivity index (χ3v) is 13.0. The highest BCUT2D eigenvalue weighted by Gasteiger charge is 2.26. The Bertz CT molecular complexity index is 2760. The van der Waals surface area contributed by atoms with E-state index in [1.54, 1.807) is 0 Å². The van der Waals surface area contributed by atoms with Gasteiger partial charge in [0.05, 0.1) is 0 Å². The number of hydrogen-bond donors (Lipinski definition) is 0. The Kier molecular flexibility index (Phi) is 9.91. The van der Waals surface area contributed by atoms with Gasteiger partial charge in [-0.25, -0.2) is 0 Å². The quantitative estimate of drug-likeness (QED) is 0.136. The number of anilines is 6. The number of hydrogen-bond acceptors (Lipinski definition) is 4. The average molecular weight is 785 g/mol. The lowest BCUT2D eigenvalue weighted by Crippen LogP contribution is -2.08. The summed E-state index contributed by atoms with van der Waals surface area (Å²) in [6.07, 6.45) is 3.85. The van der Waals surface area contributed by atoms with Crippen LogP contribution in [-0.4, -0.2) is 0 Å². The molecule has 0 aliphatic carbocycles. The highest BCUT2D eigenvalue weighted by molar-refractivity contribution is 7.25. The van der Waals surface area contributed by atoms with Gasteiger partial charge >= 0.3 is 0 Å². The van der Waals surface area contributed by atoms with Gasteiger partial charge in [0.25, 0.3) is 0 Å². The van der Waals surface area contributed by atoms with Crippen LogP contribution >= 0.6 is 22.7 Å². The van der Waals surface area contributed by atoms with E-state index >= 15 is 0 Å². The van der Waals surface area contributed by atoms with E-state index in [-0.39, 0.29) is 0 Å². The van der Waals surface area contributed by atoms with Gasteiger partial charge in [-0.15, -0.1) is 22.7 Å². The van der Waals surface area contributed by atoms with Crippen molar-refractivity contribution in [1.82, 2.24) is 0 Å². The van der Waals surface area contributed by atoms with Gasteiger partial charge < -0.3 is 9.80 Å². The van der Waals surface area contributed by atoms with Gasteiger partial charge in [-0.3, -0.25) is 0 Å². The van der Waals surface area contributed by atoms with Crippen molar-refractivity contribution < 1.29 is 0 Å². The Balaban J connectivity index is 1.40. The molecule has 282 valence electrons. The lowest BCUT2D eigenvalue weighted by Gasteiger charge is -2.24. The van der Waals surface area contributed by atoms with Crippen LogP contribution in [-0.2, 0) is 0 Å². The van der Waals surface area contributed by atoms with Crippen LogP contribution in [0.2, 0.25) is 0 Å². The summed E-state index contributed by atoms with van der Waals surface area (Å²) in [6.45, 7) is 16.9. The molecule has 0 aliphatic heterocycles. The minimum absolute atomic E-state index is 1.09. The van der Waals surface area contributed by atoms with Crippen molar-refractivity contribution in [3.05, 3.63) is 204 Å². The summed E-state index contributed by atoms with van der Waals surface area (Å²) in [4.78, 5) is 4.83. The molecule has 7 aromatic carbocycles. The molecule has 9 rings (SSSR count). The summed E-state index contributed by atoms with van der Waals surface area (Å²) >= 11 is 3.73. The molecule has 2 heterocycles. The molecular formula is C54H44N2S2. The summed E-state index contributed by atoms with van der Waals surface area (Å²) in [5.74, 6) is 0. The van der Waals surface area contributed by atoms with E-state index in [2.05, 4.69) is 208 Å². The number of benzene rings is 7. The molecular weight excluding hydrogens is 741 g/mol. The lowest BCUT2D eigenvalue weighted by molar-refractivity contribution is 1.30. The molecule has 4 heteroatoms. The van der Waals surface area contributed by atoms with Gasteiger partial charge in [-0.05, 0) is 122 Å². The standard InChI is InChI=1S/C54H44N2S2/c1-7-39-19-13-25-45(31-39)55(43-23-11-17-37(5)29-43)49-33-47-51(41-21-9-15-35(3)27-41)54-48(52(53(47)57-49)42-22-10-16-36(4)28-42)34-50(58-54)56(44-24-12-18-38(6)30-44)46-26-14-20-40(8-2)32-46/h7-34H,1-2H2,3-6H3. The van der Waals surface area contributed by atoms with Crippen LogP contribution in [0.15, 0.2) is 171 Å². The van der Waals surface area contributed by atoms with Crippen molar-refractivity contribution in [3.63, 3.8) is 0 Å². The molecule has 0 bridgehead atoms. The van der Waals surface area contributed by atoms with E-state index in [0.29, 0.717) is 0 Å². The van der Waals surface area contributed by atoms with E-state index in [4.69, 9.17) is 0 Å². The lowest BCUT2D eigenvalue weighted by atomic mass is 9.92. The topological polar surface area (TPSA) is 6.48 Å². The molecule has 9 aromatic rings. The minimum atomic E-state index is 1.09. The molecule has 58 heavy (non-hydrogen) atoms. The summed E-state index contributed by atoms with van der Waals surface area (Å²) in [5.41, 5.74) is 16.5. The second-order valence-electron chi connectivity index (χ2n) is 15.1. The van der Waals surface area contributed by atoms with Crippen LogP contribution in [0.5, 0.6) is 0 Å². The van der Waals surface area contributed by atoms with E-state index in [1.165, 1.54) is 64.7 Å². The molecule has 2 nitrogen and oxygen atoms in total. The van der Waals surface area contributed by atoms with Gasteiger partial charge in [0.1, 0.15) is 10.0 Å². The first-order valence-corrected chi connectivity index (χ1v) is 21.3. The molecule has 0 spiro atoms. The molecule has 0 fully saturated rings. The Labute approximate surface area is 349 Å². The van der Waals surface area contributed by atoms with E-state index in [1.807, 2.05) is 34.8 Å². The highest BCUT2D eigenvalue weighted by atomic mass is 32.1. The van der Waals surface area contributed by atoms with Crippen molar-refractivity contribution in [3.8, 4) is 22.3 Å². The average Bonchev–Trinajstić information content (AvgIpc) is 3.85. The van der Waals surface area contributed by atoms with Gasteiger partial charge in [0.2, 0.25) is 0 Å². The Hall–Kier alpha value is -6.46. The summed E-state index contributed by atoms with van der Waals surface area (Å²) in [7, 11) is 0. The predicted octanol–water partition coefficient (Wildman–Crippen LogP) is 16.9. The Morgan fingerprint density at radius 2 is 0.741 bits per heavy atom. The summed E-state index contributed by atoms with van der Waals surface area (Å²) < 4.78 is 2.53. The van der Waals surface area contributed by atoms with E-state index < -0.39 is 0 Å². The van der Waals surface area contributed by atoms with Gasteiger partial charge in [-0.1, -0.05) is 133 Å². The molecule has 0 aliphatic rings. The zero-order valence-electron chi connectivity index (χ0n) is 33.3. The maximum atomic E-state index is 4.10. The second kappa shape index (κ2) is 15.5. The first-order chi connectivity index (χ1) is 28.3. The number of fused-ring (bicyclic) bond motifs is 2. The van der Waals surface area contributed by atoms with Gasteiger partial charge in [-0.2, -0.15) is 0 Å². The normalized spacial score (nSPS) is 11.2. The first kappa shape index (κ1) is 37.1. The van der Waals surface area contributed by atoms with Crippen molar-refractivity contribution in [2.75, 3.05) is 9.80 Å². The molecule has 2 aromatic heterocycles. The highest BCUT2D eigenvalue weighted by Crippen LogP contribution is 2.55. The SMILES string of the molecule is C=Cc1cccc(N(c2cccc(C)c2)c2cc3c(-c4cccc(C)c4)c4sc(N(c5cccc(C)c5)c5cccc(C=C)c5)cc4c(-c4cccc(C)c4)c3s2)c1. The van der Waals surface area contributed by atoms with Crippen molar-refractivity contribution in [2.45, 2.75) is 27.7 Å². The number of nitrogens with zero attached hydrogens (tertiary/aromatic N) is 2. The Morgan fingerprint density at radius 1 is 0.397 bits per heavy atom. The molecule has 0 unspecified atom stereocenters.